The van der Waals surface area contributed by atoms with Gasteiger partial charge in [0.25, 0.3) is 0 Å². The molecule has 0 aromatic heterocycles. The summed E-state index contributed by atoms with van der Waals surface area (Å²) in [7, 11) is 1.68. The van der Waals surface area contributed by atoms with Crippen LogP contribution in [0.5, 0.6) is 11.5 Å². The number of esters is 1. The Morgan fingerprint density at radius 1 is 1.13 bits per heavy atom. The average Bonchev–Trinajstić information content (AvgIpc) is 3.18. The minimum atomic E-state index is -0.581. The van der Waals surface area contributed by atoms with Crippen LogP contribution < -0.4 is 14.4 Å². The van der Waals surface area contributed by atoms with E-state index in [1.807, 2.05) is 63.2 Å². The smallest absolute Gasteiger partial charge is 0.338 e. The van der Waals surface area contributed by atoms with Crippen molar-refractivity contribution in [2.45, 2.75) is 83.0 Å². The van der Waals surface area contributed by atoms with E-state index in [2.05, 4.69) is 35.7 Å². The molecule has 7 heteroatoms. The van der Waals surface area contributed by atoms with Crippen molar-refractivity contribution in [1.82, 2.24) is 0 Å². The van der Waals surface area contributed by atoms with Crippen LogP contribution in [-0.4, -0.2) is 44.5 Å². The molecule has 1 unspecified atom stereocenters. The lowest BCUT2D eigenvalue weighted by Crippen LogP contribution is -2.49. The summed E-state index contributed by atoms with van der Waals surface area (Å²) in [6, 6.07) is 20.2. The first kappa shape index (κ1) is 33.4. The van der Waals surface area contributed by atoms with Gasteiger partial charge in [0.2, 0.25) is 0 Å². The number of ether oxygens (including phenoxy) is 4. The van der Waals surface area contributed by atoms with E-state index in [9.17, 15) is 4.79 Å². The van der Waals surface area contributed by atoms with Gasteiger partial charge in [-0.3, -0.25) is 0 Å². The van der Waals surface area contributed by atoms with Gasteiger partial charge in [0.15, 0.2) is 0 Å². The van der Waals surface area contributed by atoms with Crippen molar-refractivity contribution < 1.29 is 23.7 Å². The van der Waals surface area contributed by atoms with Gasteiger partial charge >= 0.3 is 5.97 Å². The molecule has 3 aromatic carbocycles. The molecule has 1 spiro atoms. The number of nitrogens with zero attached hydrogens (tertiary/aromatic N) is 1. The number of anilines is 1. The number of benzene rings is 3. The summed E-state index contributed by atoms with van der Waals surface area (Å²) in [6.07, 6.45) is 8.24. The maximum absolute atomic E-state index is 13.2. The summed E-state index contributed by atoms with van der Waals surface area (Å²) in [5, 5.41) is 0.776. The Labute approximate surface area is 285 Å². The monoisotopic (exact) mass is 657 g/mol. The lowest BCUT2D eigenvalue weighted by atomic mass is 9.68. The second kappa shape index (κ2) is 13.9. The Bertz CT molecular complexity index is 1580. The predicted molar refractivity (Wildman–Crippen MR) is 188 cm³/mol. The van der Waals surface area contributed by atoms with E-state index in [1.54, 1.807) is 7.11 Å². The molecule has 1 saturated carbocycles. The first-order valence-electron chi connectivity index (χ1n) is 17.0. The number of rotatable bonds is 10. The fraction of sp³-hybridized carbons (Fsp3) is 0.475. The number of fused-ring (bicyclic) bond motifs is 3. The number of hydrogen-bond donors (Lipinski definition) is 0. The lowest BCUT2D eigenvalue weighted by molar-refractivity contribution is -0.0483. The van der Waals surface area contributed by atoms with Crippen molar-refractivity contribution in [3.05, 3.63) is 101 Å². The maximum Gasteiger partial charge on any atom is 0.338 e. The number of aryl methyl sites for hydroxylation is 1. The molecular weight excluding hydrogens is 610 g/mol. The van der Waals surface area contributed by atoms with E-state index < -0.39 is 5.60 Å². The van der Waals surface area contributed by atoms with Crippen molar-refractivity contribution in [2.75, 3.05) is 31.7 Å². The van der Waals surface area contributed by atoms with Gasteiger partial charge in [-0.05, 0) is 130 Å². The highest BCUT2D eigenvalue weighted by Crippen LogP contribution is 2.47. The summed E-state index contributed by atoms with van der Waals surface area (Å²) in [6.45, 7) is 12.5. The number of carbonyl (C=O) groups is 1. The van der Waals surface area contributed by atoms with Crippen molar-refractivity contribution in [3.63, 3.8) is 0 Å². The lowest BCUT2D eigenvalue weighted by Gasteiger charge is -2.46. The molecule has 0 radical (unpaired) electrons. The Balaban J connectivity index is 1.29. The van der Waals surface area contributed by atoms with E-state index >= 15 is 0 Å². The largest absolute Gasteiger partial charge is 0.497 e. The summed E-state index contributed by atoms with van der Waals surface area (Å²) in [4.78, 5) is 15.7. The third-order valence-electron chi connectivity index (χ3n) is 10.1. The van der Waals surface area contributed by atoms with Crippen molar-refractivity contribution in [2.24, 2.45) is 11.8 Å². The first-order valence-corrected chi connectivity index (χ1v) is 17.3. The highest BCUT2D eigenvalue weighted by molar-refractivity contribution is 6.30. The Kier molecular flexibility index (Phi) is 9.91. The van der Waals surface area contributed by atoms with Crippen LogP contribution in [0.2, 0.25) is 5.02 Å². The summed E-state index contributed by atoms with van der Waals surface area (Å²) in [5.74, 6) is 2.16. The van der Waals surface area contributed by atoms with Crippen molar-refractivity contribution in [1.29, 1.82) is 0 Å². The standard InChI is InChI=1S/C40H48ClNO5/c1-6-8-36(45-24-27-10-15-32(44-5)16-11-27)33-17-12-30(33)23-42-25-40(20-7-9-28-21-31(41)14-18-34(28)40)26-46-37-19-13-29(22-35(37)42)38(43)47-39(2,3)4/h6,10-11,13-16,18-19,21-22,30,33,36H,1,7-9,12,17,20,23-26H2,2-5H3/t30-,33+,36-,40?/m0/s1. The molecule has 0 N–H and O–H groups in total. The molecular formula is C40H48ClNO5. The van der Waals surface area contributed by atoms with Crippen LogP contribution in [0.4, 0.5) is 5.69 Å². The van der Waals surface area contributed by atoms with Gasteiger partial charge < -0.3 is 23.8 Å². The predicted octanol–water partition coefficient (Wildman–Crippen LogP) is 8.96. The van der Waals surface area contributed by atoms with Gasteiger partial charge in [-0.1, -0.05) is 35.9 Å². The van der Waals surface area contributed by atoms with Gasteiger partial charge in [-0.2, -0.15) is 0 Å². The molecule has 4 atom stereocenters. The Morgan fingerprint density at radius 3 is 2.64 bits per heavy atom. The normalized spacial score (nSPS) is 22.6. The molecule has 6 nitrogen and oxygen atoms in total. The third kappa shape index (κ3) is 7.49. The van der Waals surface area contributed by atoms with Gasteiger partial charge in [0.05, 0.1) is 37.7 Å². The molecule has 1 aliphatic heterocycles. The molecule has 6 rings (SSSR count). The molecule has 1 fully saturated rings. The van der Waals surface area contributed by atoms with E-state index in [-0.39, 0.29) is 17.5 Å². The molecule has 250 valence electrons. The van der Waals surface area contributed by atoms with Crippen LogP contribution in [0.25, 0.3) is 0 Å². The number of halogens is 1. The van der Waals surface area contributed by atoms with Crippen LogP contribution in [0.3, 0.4) is 0 Å². The third-order valence-corrected chi connectivity index (χ3v) is 10.3. The highest BCUT2D eigenvalue weighted by Gasteiger charge is 2.44. The summed E-state index contributed by atoms with van der Waals surface area (Å²) in [5.41, 5.74) is 4.49. The molecule has 1 heterocycles. The van der Waals surface area contributed by atoms with E-state index in [0.29, 0.717) is 30.6 Å². The Morgan fingerprint density at radius 2 is 1.94 bits per heavy atom. The quantitative estimate of drug-likeness (QED) is 0.160. The molecule has 0 saturated heterocycles. The van der Waals surface area contributed by atoms with Gasteiger partial charge in [-0.15, -0.1) is 6.58 Å². The SMILES string of the molecule is C=CC[C@H](OCc1ccc(OC)cc1)[C@@H]1CC[C@H]1CN1CC2(CCCc3cc(Cl)ccc32)COc2ccc(C(=O)OC(C)(C)C)cc21. The highest BCUT2D eigenvalue weighted by atomic mass is 35.5. The number of methoxy groups -OCH3 is 1. The molecule has 3 aliphatic rings. The van der Waals surface area contributed by atoms with Crippen LogP contribution >= 0.6 is 11.6 Å². The van der Waals surface area contributed by atoms with Crippen molar-refractivity contribution in [3.8, 4) is 11.5 Å². The van der Waals surface area contributed by atoms with Crippen LogP contribution in [-0.2, 0) is 27.9 Å². The number of hydrogen-bond acceptors (Lipinski definition) is 6. The maximum atomic E-state index is 13.2. The van der Waals surface area contributed by atoms with Crippen LogP contribution in [0, 0.1) is 11.8 Å². The second-order valence-corrected chi connectivity index (χ2v) is 14.9. The second-order valence-electron chi connectivity index (χ2n) is 14.5. The van der Waals surface area contributed by atoms with E-state index in [0.717, 1.165) is 79.4 Å². The van der Waals surface area contributed by atoms with E-state index in [1.165, 1.54) is 11.1 Å². The van der Waals surface area contributed by atoms with E-state index in [4.69, 9.17) is 30.5 Å². The fourth-order valence-electron chi connectivity index (χ4n) is 7.63. The van der Waals surface area contributed by atoms with Gasteiger partial charge in [-0.25, -0.2) is 4.79 Å². The minimum absolute atomic E-state index is 0.0793. The molecule has 47 heavy (non-hydrogen) atoms. The fourth-order valence-corrected chi connectivity index (χ4v) is 7.82. The Hall–Kier alpha value is -3.48. The molecule has 2 aliphatic carbocycles. The van der Waals surface area contributed by atoms with Gasteiger partial charge in [0, 0.05) is 23.5 Å². The topological polar surface area (TPSA) is 57.2 Å². The minimum Gasteiger partial charge on any atom is -0.497 e. The zero-order valence-electron chi connectivity index (χ0n) is 28.2. The van der Waals surface area contributed by atoms with Crippen molar-refractivity contribution >= 4 is 23.3 Å². The zero-order valence-corrected chi connectivity index (χ0v) is 29.0. The zero-order chi connectivity index (χ0) is 33.2. The summed E-state index contributed by atoms with van der Waals surface area (Å²) < 4.78 is 24.4. The average molecular weight is 658 g/mol. The molecule has 0 bridgehead atoms. The molecule has 3 aromatic rings. The number of carbonyl (C=O) groups excluding carboxylic acids is 1. The van der Waals surface area contributed by atoms with Gasteiger partial charge in [0.1, 0.15) is 17.1 Å². The summed E-state index contributed by atoms with van der Waals surface area (Å²) >= 11 is 6.47. The van der Waals surface area contributed by atoms with Crippen LogP contribution in [0.15, 0.2) is 73.3 Å². The molecule has 0 amide bonds. The first-order chi connectivity index (χ1) is 22.6. The van der Waals surface area contributed by atoms with Crippen LogP contribution in [0.1, 0.15) is 79.9 Å².